The molecule has 2 heterocycles. The summed E-state index contributed by atoms with van der Waals surface area (Å²) in [6.45, 7) is 0. The number of ketones is 1. The molecular formula is C13H14ClNO. The van der Waals surface area contributed by atoms with Crippen LogP contribution in [0.5, 0.6) is 0 Å². The number of piperidine rings is 1. The molecule has 0 N–H and O–H groups in total. The van der Waals surface area contributed by atoms with E-state index in [9.17, 15) is 4.79 Å². The topological polar surface area (TPSA) is 20.3 Å². The van der Waals surface area contributed by atoms with Gasteiger partial charge < -0.3 is 4.90 Å². The Morgan fingerprint density at radius 2 is 1.88 bits per heavy atom. The van der Waals surface area contributed by atoms with Gasteiger partial charge in [0.1, 0.15) is 5.78 Å². The lowest BCUT2D eigenvalue weighted by molar-refractivity contribution is -0.120. The maximum absolute atomic E-state index is 11.5. The first-order valence-electron chi connectivity index (χ1n) is 5.79. The number of rotatable bonds is 1. The lowest BCUT2D eigenvalue weighted by Gasteiger charge is -2.36. The number of nitrogens with zero attached hydrogens (tertiary/aromatic N) is 1. The van der Waals surface area contributed by atoms with Crippen molar-refractivity contribution >= 4 is 23.1 Å². The summed E-state index contributed by atoms with van der Waals surface area (Å²) >= 11 is 6.01. The van der Waals surface area contributed by atoms with Crippen molar-refractivity contribution in [3.8, 4) is 0 Å². The second kappa shape index (κ2) is 3.77. The van der Waals surface area contributed by atoms with Gasteiger partial charge in [-0.15, -0.1) is 0 Å². The minimum atomic E-state index is 0.407. The van der Waals surface area contributed by atoms with Crippen LogP contribution in [0.25, 0.3) is 0 Å². The summed E-state index contributed by atoms with van der Waals surface area (Å²) in [6.07, 6.45) is 3.71. The highest BCUT2D eigenvalue weighted by molar-refractivity contribution is 6.30. The maximum Gasteiger partial charge on any atom is 0.137 e. The highest BCUT2D eigenvalue weighted by Gasteiger charge is 2.39. The highest BCUT2D eigenvalue weighted by atomic mass is 35.5. The Bertz CT molecular complexity index is 416. The van der Waals surface area contributed by atoms with Crippen LogP contribution in [0, 0.1) is 0 Å². The quantitative estimate of drug-likeness (QED) is 0.746. The molecule has 2 nitrogen and oxygen atoms in total. The first-order chi connectivity index (χ1) is 7.74. The molecular weight excluding hydrogens is 222 g/mol. The van der Waals surface area contributed by atoms with E-state index in [0.29, 0.717) is 30.7 Å². The standard InChI is InChI=1S/C13H14ClNO/c14-9-2-1-3-10(6-9)15-11-4-5-12(15)8-13(16)7-11/h1-3,6,11-12H,4-5,7-8H2. The Balaban J connectivity index is 1.94. The van der Waals surface area contributed by atoms with E-state index in [2.05, 4.69) is 11.0 Å². The zero-order valence-corrected chi connectivity index (χ0v) is 9.78. The number of hydrogen-bond acceptors (Lipinski definition) is 2. The van der Waals surface area contributed by atoms with Gasteiger partial charge in [-0.1, -0.05) is 17.7 Å². The molecule has 84 valence electrons. The van der Waals surface area contributed by atoms with Crippen molar-refractivity contribution in [1.82, 2.24) is 0 Å². The molecule has 1 aromatic carbocycles. The Kier molecular flexibility index (Phi) is 2.40. The predicted octanol–water partition coefficient (Wildman–Crippen LogP) is 3.04. The second-order valence-corrected chi connectivity index (χ2v) is 5.16. The third kappa shape index (κ3) is 1.61. The van der Waals surface area contributed by atoms with Crippen molar-refractivity contribution in [2.45, 2.75) is 37.8 Å². The number of hydrogen-bond donors (Lipinski definition) is 0. The summed E-state index contributed by atoms with van der Waals surface area (Å²) in [5, 5.41) is 0.772. The Morgan fingerprint density at radius 1 is 1.19 bits per heavy atom. The lowest BCUT2D eigenvalue weighted by Crippen LogP contribution is -2.43. The van der Waals surface area contributed by atoms with Gasteiger partial charge in [0.05, 0.1) is 0 Å². The fraction of sp³-hybridized carbons (Fsp3) is 0.462. The van der Waals surface area contributed by atoms with Gasteiger partial charge in [-0.2, -0.15) is 0 Å². The molecule has 2 saturated heterocycles. The Morgan fingerprint density at radius 3 is 2.50 bits per heavy atom. The SMILES string of the molecule is O=C1CC2CCC(C1)N2c1cccc(Cl)c1. The lowest BCUT2D eigenvalue weighted by atomic mass is 10.0. The molecule has 0 aromatic heterocycles. The van der Waals surface area contributed by atoms with Crippen LogP contribution in [0.15, 0.2) is 24.3 Å². The fourth-order valence-electron chi connectivity index (χ4n) is 3.03. The average molecular weight is 236 g/mol. The van der Waals surface area contributed by atoms with Crippen molar-refractivity contribution in [2.24, 2.45) is 0 Å². The number of anilines is 1. The van der Waals surface area contributed by atoms with Crippen LogP contribution in [0.3, 0.4) is 0 Å². The van der Waals surface area contributed by atoms with Gasteiger partial charge in [0.2, 0.25) is 0 Å². The van der Waals surface area contributed by atoms with Crippen LogP contribution in [-0.4, -0.2) is 17.9 Å². The minimum Gasteiger partial charge on any atom is -0.365 e. The van der Waals surface area contributed by atoms with E-state index < -0.39 is 0 Å². The average Bonchev–Trinajstić information content (AvgIpc) is 2.51. The summed E-state index contributed by atoms with van der Waals surface area (Å²) in [6, 6.07) is 8.78. The van der Waals surface area contributed by atoms with Crippen LogP contribution in [0.2, 0.25) is 5.02 Å². The first kappa shape index (κ1) is 10.2. The zero-order chi connectivity index (χ0) is 11.1. The van der Waals surface area contributed by atoms with E-state index in [4.69, 9.17) is 11.6 Å². The molecule has 2 unspecified atom stereocenters. The minimum absolute atomic E-state index is 0.407. The van der Waals surface area contributed by atoms with Gasteiger partial charge in [0.25, 0.3) is 0 Å². The molecule has 0 amide bonds. The van der Waals surface area contributed by atoms with Crippen molar-refractivity contribution in [2.75, 3.05) is 4.90 Å². The van der Waals surface area contributed by atoms with Crippen LogP contribution in [0.4, 0.5) is 5.69 Å². The molecule has 2 fully saturated rings. The fourth-order valence-corrected chi connectivity index (χ4v) is 3.21. The van der Waals surface area contributed by atoms with Crippen LogP contribution in [-0.2, 0) is 4.79 Å². The van der Waals surface area contributed by atoms with Crippen molar-refractivity contribution in [3.05, 3.63) is 29.3 Å². The van der Waals surface area contributed by atoms with Crippen molar-refractivity contribution < 1.29 is 4.79 Å². The molecule has 0 spiro atoms. The summed E-state index contributed by atoms with van der Waals surface area (Å²) in [4.78, 5) is 13.9. The highest BCUT2D eigenvalue weighted by Crippen LogP contribution is 2.38. The summed E-state index contributed by atoms with van der Waals surface area (Å²) in [7, 11) is 0. The number of halogens is 1. The molecule has 2 aliphatic rings. The number of Topliss-reactive ketones (excluding diaryl/α,β-unsaturated/α-hetero) is 1. The Labute approximate surface area is 100 Å². The summed E-state index contributed by atoms with van der Waals surface area (Å²) < 4.78 is 0. The predicted molar refractivity (Wildman–Crippen MR) is 65.0 cm³/mol. The van der Waals surface area contributed by atoms with Gasteiger partial charge in [-0.05, 0) is 31.0 Å². The molecule has 0 aliphatic carbocycles. The summed E-state index contributed by atoms with van der Waals surface area (Å²) in [5.41, 5.74) is 1.17. The number of fused-ring (bicyclic) bond motifs is 2. The van der Waals surface area contributed by atoms with Gasteiger partial charge in [0.15, 0.2) is 0 Å². The molecule has 3 heteroatoms. The maximum atomic E-state index is 11.5. The van der Waals surface area contributed by atoms with Crippen LogP contribution < -0.4 is 4.90 Å². The number of carbonyl (C=O) groups excluding carboxylic acids is 1. The van der Waals surface area contributed by atoms with Crippen molar-refractivity contribution in [3.63, 3.8) is 0 Å². The van der Waals surface area contributed by atoms with E-state index in [0.717, 1.165) is 17.9 Å². The van der Waals surface area contributed by atoms with Crippen LogP contribution in [0.1, 0.15) is 25.7 Å². The molecule has 1 aromatic rings. The van der Waals surface area contributed by atoms with Gasteiger partial charge in [-0.25, -0.2) is 0 Å². The normalized spacial score (nSPS) is 28.6. The Hall–Kier alpha value is -1.02. The van der Waals surface area contributed by atoms with Crippen LogP contribution >= 0.6 is 11.6 Å². The smallest absolute Gasteiger partial charge is 0.137 e. The molecule has 16 heavy (non-hydrogen) atoms. The molecule has 0 saturated carbocycles. The van der Waals surface area contributed by atoms with Gasteiger partial charge >= 0.3 is 0 Å². The zero-order valence-electron chi connectivity index (χ0n) is 9.03. The third-order valence-electron chi connectivity index (χ3n) is 3.65. The molecule has 2 aliphatic heterocycles. The summed E-state index contributed by atoms with van der Waals surface area (Å²) in [5.74, 6) is 0.422. The number of benzene rings is 1. The first-order valence-corrected chi connectivity index (χ1v) is 6.17. The van der Waals surface area contributed by atoms with Gasteiger partial charge in [-0.3, -0.25) is 4.79 Å². The van der Waals surface area contributed by atoms with E-state index in [-0.39, 0.29) is 0 Å². The van der Waals surface area contributed by atoms with E-state index >= 15 is 0 Å². The van der Waals surface area contributed by atoms with Crippen molar-refractivity contribution in [1.29, 1.82) is 0 Å². The monoisotopic (exact) mass is 235 g/mol. The van der Waals surface area contributed by atoms with E-state index in [1.54, 1.807) is 0 Å². The molecule has 2 atom stereocenters. The van der Waals surface area contributed by atoms with E-state index in [1.165, 1.54) is 5.69 Å². The number of carbonyl (C=O) groups is 1. The third-order valence-corrected chi connectivity index (χ3v) is 3.89. The van der Waals surface area contributed by atoms with Gasteiger partial charge in [0, 0.05) is 35.6 Å². The molecule has 0 radical (unpaired) electrons. The van der Waals surface area contributed by atoms with E-state index in [1.807, 2.05) is 18.2 Å². The second-order valence-electron chi connectivity index (χ2n) is 4.72. The molecule has 3 rings (SSSR count). The largest absolute Gasteiger partial charge is 0.365 e. The molecule has 2 bridgehead atoms.